The Balaban J connectivity index is 1.58. The van der Waals surface area contributed by atoms with Crippen LogP contribution in [0.5, 0.6) is 0 Å². The van der Waals surface area contributed by atoms with E-state index in [1.165, 1.54) is 0 Å². The van der Waals surface area contributed by atoms with E-state index >= 15 is 0 Å². The molecule has 23 heavy (non-hydrogen) atoms. The topological polar surface area (TPSA) is 63.8 Å². The second kappa shape index (κ2) is 7.81. The lowest BCUT2D eigenvalue weighted by molar-refractivity contribution is 0.530. The number of rotatable bonds is 7. The van der Waals surface area contributed by atoms with Gasteiger partial charge in [0.2, 0.25) is 11.0 Å². The maximum absolute atomic E-state index is 5.89. The number of nitrogens with zero attached hydrogens (tertiary/aromatic N) is 3. The van der Waals surface area contributed by atoms with Gasteiger partial charge in [0.15, 0.2) is 10.1 Å². The molecule has 0 bridgehead atoms. The summed E-state index contributed by atoms with van der Waals surface area (Å²) < 4.78 is 6.67. The van der Waals surface area contributed by atoms with E-state index in [2.05, 4.69) is 27.4 Å². The van der Waals surface area contributed by atoms with Crippen molar-refractivity contribution in [2.75, 3.05) is 11.9 Å². The van der Waals surface area contributed by atoms with Gasteiger partial charge in [-0.05, 0) is 30.7 Å². The fourth-order valence-electron chi connectivity index (χ4n) is 1.82. The molecule has 0 amide bonds. The first kappa shape index (κ1) is 16.3. The van der Waals surface area contributed by atoms with Crippen LogP contribution in [0, 0.1) is 0 Å². The van der Waals surface area contributed by atoms with Gasteiger partial charge in [-0.2, -0.15) is 0 Å². The summed E-state index contributed by atoms with van der Waals surface area (Å²) in [5, 5.41) is 13.0. The van der Waals surface area contributed by atoms with Crippen molar-refractivity contribution in [3.63, 3.8) is 0 Å². The molecule has 0 atom stereocenters. The molecule has 0 unspecified atom stereocenters. The van der Waals surface area contributed by atoms with Gasteiger partial charge in [-0.25, -0.2) is 4.98 Å². The maximum atomic E-state index is 5.89. The van der Waals surface area contributed by atoms with Gasteiger partial charge in [0.1, 0.15) is 0 Å². The van der Waals surface area contributed by atoms with Crippen LogP contribution in [0.1, 0.15) is 19.2 Å². The first-order chi connectivity index (χ1) is 11.2. The predicted octanol–water partition coefficient (Wildman–Crippen LogP) is 4.96. The van der Waals surface area contributed by atoms with Gasteiger partial charge in [0.05, 0.1) is 11.9 Å². The second-order valence-electron chi connectivity index (χ2n) is 4.71. The molecule has 0 fully saturated rings. The van der Waals surface area contributed by atoms with E-state index in [4.69, 9.17) is 16.0 Å². The Hall–Kier alpha value is -1.57. The van der Waals surface area contributed by atoms with Crippen LogP contribution in [-0.4, -0.2) is 21.7 Å². The Labute approximate surface area is 147 Å². The molecule has 0 aliphatic rings. The first-order valence-electron chi connectivity index (χ1n) is 7.15. The normalized spacial score (nSPS) is 10.9. The molecule has 1 N–H and O–H groups in total. The van der Waals surface area contributed by atoms with Crippen LogP contribution in [0.25, 0.3) is 11.3 Å². The summed E-state index contributed by atoms with van der Waals surface area (Å²) in [6, 6.07) is 7.49. The number of aromatic nitrogens is 3. The molecule has 0 radical (unpaired) electrons. The van der Waals surface area contributed by atoms with Crippen molar-refractivity contribution < 1.29 is 4.42 Å². The van der Waals surface area contributed by atoms with E-state index in [1.807, 2.05) is 24.3 Å². The molecule has 3 aromatic rings. The van der Waals surface area contributed by atoms with Gasteiger partial charge in [-0.3, -0.25) is 0 Å². The quantitative estimate of drug-likeness (QED) is 0.596. The predicted molar refractivity (Wildman–Crippen MR) is 95.2 cm³/mol. The Bertz CT molecular complexity index is 757. The summed E-state index contributed by atoms with van der Waals surface area (Å²) in [4.78, 5) is 4.31. The average Bonchev–Trinajstić information content (AvgIpc) is 3.21. The van der Waals surface area contributed by atoms with Crippen LogP contribution in [0.15, 0.2) is 39.2 Å². The number of thioether (sulfide) groups is 1. The number of halogens is 1. The third-order valence-electron chi connectivity index (χ3n) is 2.93. The summed E-state index contributed by atoms with van der Waals surface area (Å²) in [7, 11) is 0. The minimum Gasteiger partial charge on any atom is -0.440 e. The van der Waals surface area contributed by atoms with E-state index in [1.54, 1.807) is 29.3 Å². The molecule has 3 rings (SSSR count). The summed E-state index contributed by atoms with van der Waals surface area (Å²) in [5.74, 6) is 2.02. The summed E-state index contributed by atoms with van der Waals surface area (Å²) >= 11 is 9.00. The first-order valence-corrected chi connectivity index (χ1v) is 9.33. The molecule has 0 aliphatic heterocycles. The number of benzene rings is 1. The molecule has 0 spiro atoms. The fourth-order valence-corrected chi connectivity index (χ4v) is 3.58. The summed E-state index contributed by atoms with van der Waals surface area (Å²) in [6.07, 6.45) is 2.79. The summed E-state index contributed by atoms with van der Waals surface area (Å²) in [6.45, 7) is 3.02. The lowest BCUT2D eigenvalue weighted by Crippen LogP contribution is -1.98. The summed E-state index contributed by atoms with van der Waals surface area (Å²) in [5.41, 5.74) is 0.958. The molecular formula is C15H15ClN4OS2. The highest BCUT2D eigenvalue weighted by atomic mass is 35.5. The van der Waals surface area contributed by atoms with Crippen molar-refractivity contribution in [1.82, 2.24) is 15.2 Å². The molecular weight excluding hydrogens is 352 g/mol. The largest absolute Gasteiger partial charge is 0.440 e. The second-order valence-corrected chi connectivity index (χ2v) is 7.35. The molecule has 1 aromatic carbocycles. The van der Waals surface area contributed by atoms with E-state index < -0.39 is 0 Å². The third kappa shape index (κ3) is 4.46. The molecule has 5 nitrogen and oxygen atoms in total. The van der Waals surface area contributed by atoms with Crippen LogP contribution >= 0.6 is 34.7 Å². The van der Waals surface area contributed by atoms with Crippen molar-refractivity contribution in [3.8, 4) is 11.3 Å². The molecule has 0 aliphatic carbocycles. The van der Waals surface area contributed by atoms with Crippen LogP contribution < -0.4 is 5.32 Å². The van der Waals surface area contributed by atoms with Crippen molar-refractivity contribution in [3.05, 3.63) is 41.4 Å². The molecule has 0 saturated heterocycles. The van der Waals surface area contributed by atoms with Crippen molar-refractivity contribution in [1.29, 1.82) is 0 Å². The number of anilines is 1. The SMILES string of the molecule is CCCNc1nnc(SCc2ncc(-c3ccc(Cl)cc3)o2)s1. The van der Waals surface area contributed by atoms with E-state index in [0.717, 1.165) is 33.8 Å². The fraction of sp³-hybridized carbons (Fsp3) is 0.267. The van der Waals surface area contributed by atoms with Gasteiger partial charge in [-0.1, -0.05) is 41.6 Å². The monoisotopic (exact) mass is 366 g/mol. The zero-order valence-corrected chi connectivity index (χ0v) is 14.8. The Kier molecular flexibility index (Phi) is 5.53. The van der Waals surface area contributed by atoms with Crippen LogP contribution in [0.2, 0.25) is 5.02 Å². The highest BCUT2D eigenvalue weighted by Crippen LogP contribution is 2.29. The van der Waals surface area contributed by atoms with E-state index in [0.29, 0.717) is 16.7 Å². The zero-order valence-electron chi connectivity index (χ0n) is 12.5. The molecule has 8 heteroatoms. The highest BCUT2D eigenvalue weighted by molar-refractivity contribution is 8.00. The Morgan fingerprint density at radius 3 is 2.87 bits per heavy atom. The van der Waals surface area contributed by atoms with Crippen molar-refractivity contribution >= 4 is 39.8 Å². The standard InChI is InChI=1S/C15H15ClN4OS2/c1-2-7-17-14-19-20-15(23-14)22-9-13-18-8-12(21-13)10-3-5-11(16)6-4-10/h3-6,8H,2,7,9H2,1H3,(H,17,19). The van der Waals surface area contributed by atoms with Gasteiger partial charge >= 0.3 is 0 Å². The number of nitrogens with one attached hydrogen (secondary N) is 1. The molecule has 2 heterocycles. The van der Waals surface area contributed by atoms with Gasteiger partial charge in [0, 0.05) is 17.1 Å². The minimum atomic E-state index is 0.621. The number of oxazole rings is 1. The number of hydrogen-bond donors (Lipinski definition) is 1. The highest BCUT2D eigenvalue weighted by Gasteiger charge is 2.09. The minimum absolute atomic E-state index is 0.621. The van der Waals surface area contributed by atoms with Crippen molar-refractivity contribution in [2.45, 2.75) is 23.4 Å². The molecule has 0 saturated carbocycles. The Morgan fingerprint density at radius 1 is 1.26 bits per heavy atom. The lowest BCUT2D eigenvalue weighted by Gasteiger charge is -1.96. The van der Waals surface area contributed by atoms with Crippen molar-refractivity contribution in [2.24, 2.45) is 0 Å². The Morgan fingerprint density at radius 2 is 2.09 bits per heavy atom. The average molecular weight is 367 g/mol. The van der Waals surface area contributed by atoms with E-state index in [9.17, 15) is 0 Å². The number of hydrogen-bond acceptors (Lipinski definition) is 7. The third-order valence-corrected chi connectivity index (χ3v) is 5.19. The van der Waals surface area contributed by atoms with Gasteiger partial charge in [-0.15, -0.1) is 10.2 Å². The molecule has 120 valence electrons. The molecule has 2 aromatic heterocycles. The zero-order chi connectivity index (χ0) is 16.1. The van der Waals surface area contributed by atoms with Crippen LogP contribution in [-0.2, 0) is 5.75 Å². The van der Waals surface area contributed by atoms with Gasteiger partial charge < -0.3 is 9.73 Å². The van der Waals surface area contributed by atoms with Gasteiger partial charge in [0.25, 0.3) is 0 Å². The van der Waals surface area contributed by atoms with Crippen LogP contribution in [0.4, 0.5) is 5.13 Å². The van der Waals surface area contributed by atoms with E-state index in [-0.39, 0.29) is 0 Å². The van der Waals surface area contributed by atoms with Crippen LogP contribution in [0.3, 0.4) is 0 Å². The lowest BCUT2D eigenvalue weighted by atomic mass is 10.2. The smallest absolute Gasteiger partial charge is 0.206 e. The maximum Gasteiger partial charge on any atom is 0.206 e.